The molecule has 0 aromatic carbocycles. The minimum atomic E-state index is -0.958. The van der Waals surface area contributed by atoms with Crippen molar-refractivity contribution in [1.29, 1.82) is 0 Å². The number of carbonyl (C=O) groups is 4. The highest BCUT2D eigenvalue weighted by Crippen LogP contribution is 2.35. The summed E-state index contributed by atoms with van der Waals surface area (Å²) in [7, 11) is 2.36. The molecule has 1 saturated carbocycles. The largest absolute Gasteiger partial charge is 0.469 e. The summed E-state index contributed by atoms with van der Waals surface area (Å²) in [5, 5.41) is 0. The average molecular weight is 272 g/mol. The Kier molecular flexibility index (Phi) is 5.02. The molecule has 1 fully saturated rings. The molecule has 0 aromatic rings. The van der Waals surface area contributed by atoms with Crippen molar-refractivity contribution in [3.8, 4) is 0 Å². The van der Waals surface area contributed by atoms with E-state index in [-0.39, 0.29) is 18.6 Å². The molecule has 0 heterocycles. The fourth-order valence-corrected chi connectivity index (χ4v) is 2.22. The maximum atomic E-state index is 11.8. The number of esters is 3. The van der Waals surface area contributed by atoms with Crippen molar-refractivity contribution in [3.05, 3.63) is 0 Å². The van der Waals surface area contributed by atoms with Gasteiger partial charge in [-0.3, -0.25) is 19.2 Å². The SMILES string of the molecule is COC(=O)C[C@H]1C(=O)C[C@@H](OC(C)=O)[C@@H]1C(=O)OC. The van der Waals surface area contributed by atoms with Gasteiger partial charge in [-0.25, -0.2) is 0 Å². The molecule has 0 bridgehead atoms. The molecule has 0 spiro atoms. The second-order valence-corrected chi connectivity index (χ2v) is 4.25. The van der Waals surface area contributed by atoms with E-state index in [1.54, 1.807) is 0 Å². The topological polar surface area (TPSA) is 96.0 Å². The van der Waals surface area contributed by atoms with Crippen LogP contribution in [0.25, 0.3) is 0 Å². The van der Waals surface area contributed by atoms with E-state index in [1.165, 1.54) is 21.1 Å². The van der Waals surface area contributed by atoms with Gasteiger partial charge in [0.15, 0.2) is 0 Å². The van der Waals surface area contributed by atoms with Crippen molar-refractivity contribution in [2.45, 2.75) is 25.9 Å². The quantitative estimate of drug-likeness (QED) is 0.519. The zero-order valence-electron chi connectivity index (χ0n) is 11.0. The molecule has 0 unspecified atom stereocenters. The number of hydrogen-bond donors (Lipinski definition) is 0. The van der Waals surface area contributed by atoms with Gasteiger partial charge in [0.05, 0.1) is 20.6 Å². The van der Waals surface area contributed by atoms with Crippen molar-refractivity contribution in [3.63, 3.8) is 0 Å². The number of Topliss-reactive ketones (excluding diaryl/α,β-unsaturated/α-hetero) is 1. The zero-order valence-corrected chi connectivity index (χ0v) is 11.0. The van der Waals surface area contributed by atoms with Gasteiger partial charge in [-0.15, -0.1) is 0 Å². The van der Waals surface area contributed by atoms with Gasteiger partial charge in [0.1, 0.15) is 17.8 Å². The summed E-state index contributed by atoms with van der Waals surface area (Å²) in [5.41, 5.74) is 0. The minimum absolute atomic E-state index is 0.0962. The maximum absolute atomic E-state index is 11.8. The maximum Gasteiger partial charge on any atom is 0.313 e. The molecule has 1 rings (SSSR count). The van der Waals surface area contributed by atoms with Crippen LogP contribution >= 0.6 is 0 Å². The van der Waals surface area contributed by atoms with Crippen molar-refractivity contribution in [2.75, 3.05) is 14.2 Å². The van der Waals surface area contributed by atoms with Gasteiger partial charge in [-0.2, -0.15) is 0 Å². The molecule has 7 heteroatoms. The Morgan fingerprint density at radius 1 is 1.21 bits per heavy atom. The molecule has 3 atom stereocenters. The van der Waals surface area contributed by atoms with E-state index >= 15 is 0 Å². The van der Waals surface area contributed by atoms with E-state index in [4.69, 9.17) is 4.74 Å². The van der Waals surface area contributed by atoms with Crippen molar-refractivity contribution < 1.29 is 33.4 Å². The molecule has 0 radical (unpaired) electrons. The molecule has 0 N–H and O–H groups in total. The van der Waals surface area contributed by atoms with E-state index in [0.717, 1.165) is 0 Å². The highest BCUT2D eigenvalue weighted by molar-refractivity contribution is 5.94. The number of carbonyl (C=O) groups excluding carboxylic acids is 4. The lowest BCUT2D eigenvalue weighted by atomic mass is 9.91. The molecular formula is C12H16O7. The third-order valence-corrected chi connectivity index (χ3v) is 3.05. The second kappa shape index (κ2) is 6.31. The summed E-state index contributed by atoms with van der Waals surface area (Å²) < 4.78 is 14.0. The number of hydrogen-bond acceptors (Lipinski definition) is 7. The molecule has 1 aliphatic rings. The highest BCUT2D eigenvalue weighted by atomic mass is 16.6. The first-order chi connectivity index (χ1) is 8.90. The van der Waals surface area contributed by atoms with Crippen LogP contribution in [0.1, 0.15) is 19.8 Å². The monoisotopic (exact) mass is 272 g/mol. The summed E-state index contributed by atoms with van der Waals surface area (Å²) >= 11 is 0. The lowest BCUT2D eigenvalue weighted by Crippen LogP contribution is -2.33. The number of ketones is 1. The Hall–Kier alpha value is -1.92. The van der Waals surface area contributed by atoms with Gasteiger partial charge in [-0.05, 0) is 0 Å². The van der Waals surface area contributed by atoms with Gasteiger partial charge >= 0.3 is 17.9 Å². The fourth-order valence-electron chi connectivity index (χ4n) is 2.22. The van der Waals surface area contributed by atoms with Crippen LogP contribution in [0.3, 0.4) is 0 Å². The Morgan fingerprint density at radius 2 is 1.84 bits per heavy atom. The van der Waals surface area contributed by atoms with E-state index in [2.05, 4.69) is 9.47 Å². The van der Waals surface area contributed by atoms with Crippen LogP contribution < -0.4 is 0 Å². The Morgan fingerprint density at radius 3 is 2.32 bits per heavy atom. The third-order valence-electron chi connectivity index (χ3n) is 3.05. The molecule has 1 aliphatic carbocycles. The first-order valence-electron chi connectivity index (χ1n) is 5.75. The van der Waals surface area contributed by atoms with Gasteiger partial charge in [0, 0.05) is 19.3 Å². The summed E-state index contributed by atoms with van der Waals surface area (Å²) in [6.07, 6.45) is -1.21. The lowest BCUT2D eigenvalue weighted by Gasteiger charge is -2.20. The summed E-state index contributed by atoms with van der Waals surface area (Å²) in [6.45, 7) is 1.19. The zero-order chi connectivity index (χ0) is 14.6. The Balaban J connectivity index is 2.93. The summed E-state index contributed by atoms with van der Waals surface area (Å²) in [5.74, 6) is -4.01. The lowest BCUT2D eigenvalue weighted by molar-refractivity contribution is -0.159. The highest BCUT2D eigenvalue weighted by Gasteiger charge is 2.49. The summed E-state index contributed by atoms with van der Waals surface area (Å²) in [4.78, 5) is 45.8. The average Bonchev–Trinajstić information content (AvgIpc) is 2.64. The van der Waals surface area contributed by atoms with Crippen LogP contribution in [0.2, 0.25) is 0 Å². The van der Waals surface area contributed by atoms with Gasteiger partial charge in [0.25, 0.3) is 0 Å². The number of rotatable bonds is 4. The molecule has 106 valence electrons. The fraction of sp³-hybridized carbons (Fsp3) is 0.667. The first-order valence-corrected chi connectivity index (χ1v) is 5.75. The van der Waals surface area contributed by atoms with E-state index < -0.39 is 35.8 Å². The molecule has 0 amide bonds. The van der Waals surface area contributed by atoms with E-state index in [1.807, 2.05) is 0 Å². The Labute approximate surface area is 110 Å². The molecule has 7 nitrogen and oxygen atoms in total. The normalized spacial score (nSPS) is 25.8. The van der Waals surface area contributed by atoms with Gasteiger partial charge < -0.3 is 14.2 Å². The van der Waals surface area contributed by atoms with Crippen molar-refractivity contribution >= 4 is 23.7 Å². The van der Waals surface area contributed by atoms with Crippen LogP contribution in [-0.4, -0.2) is 44.0 Å². The molecule has 0 aromatic heterocycles. The first kappa shape index (κ1) is 15.1. The van der Waals surface area contributed by atoms with Crippen LogP contribution in [0.4, 0.5) is 0 Å². The molecule has 0 saturated heterocycles. The van der Waals surface area contributed by atoms with Crippen molar-refractivity contribution in [1.82, 2.24) is 0 Å². The van der Waals surface area contributed by atoms with E-state index in [0.29, 0.717) is 0 Å². The molecular weight excluding hydrogens is 256 g/mol. The van der Waals surface area contributed by atoms with Gasteiger partial charge in [0.2, 0.25) is 0 Å². The third kappa shape index (κ3) is 3.52. The van der Waals surface area contributed by atoms with Crippen LogP contribution in [-0.2, 0) is 33.4 Å². The van der Waals surface area contributed by atoms with Gasteiger partial charge in [-0.1, -0.05) is 0 Å². The van der Waals surface area contributed by atoms with Crippen LogP contribution in [0.15, 0.2) is 0 Å². The standard InChI is InChI=1S/C12H16O7/c1-6(13)19-9-5-8(14)7(4-10(15)17-2)11(9)12(16)18-3/h7,9,11H,4-5H2,1-3H3/t7-,9+,11+/m0/s1. The Bertz CT molecular complexity index is 401. The number of methoxy groups -OCH3 is 2. The predicted octanol–water partition coefficient (Wildman–Crippen LogP) is -0.141. The summed E-state index contributed by atoms with van der Waals surface area (Å²) in [6, 6.07) is 0. The molecule has 0 aliphatic heterocycles. The predicted molar refractivity (Wildman–Crippen MR) is 60.8 cm³/mol. The smallest absolute Gasteiger partial charge is 0.313 e. The second-order valence-electron chi connectivity index (χ2n) is 4.25. The van der Waals surface area contributed by atoms with E-state index in [9.17, 15) is 19.2 Å². The minimum Gasteiger partial charge on any atom is -0.469 e. The van der Waals surface area contributed by atoms with Crippen LogP contribution in [0, 0.1) is 11.8 Å². The molecule has 19 heavy (non-hydrogen) atoms. The van der Waals surface area contributed by atoms with Crippen molar-refractivity contribution in [2.24, 2.45) is 11.8 Å². The number of ether oxygens (including phenoxy) is 3. The van der Waals surface area contributed by atoms with Crippen LogP contribution in [0.5, 0.6) is 0 Å².